The molecule has 1 unspecified atom stereocenters. The molecule has 1 saturated heterocycles. The number of hydrogen-bond donors (Lipinski definition) is 0. The Kier molecular flexibility index (Phi) is 6.93. The molecule has 0 spiro atoms. The van der Waals surface area contributed by atoms with Crippen LogP contribution in [0.4, 0.5) is 15.0 Å². The van der Waals surface area contributed by atoms with Crippen molar-refractivity contribution < 1.29 is 27.8 Å². The average Bonchev–Trinajstić information content (AvgIpc) is 3.49. The summed E-state index contributed by atoms with van der Waals surface area (Å²) in [4.78, 5) is 30.9. The Hall–Kier alpha value is -3.99. The van der Waals surface area contributed by atoms with Crippen molar-refractivity contribution >= 4 is 34.0 Å². The lowest BCUT2D eigenvalue weighted by Gasteiger charge is -2.31. The van der Waals surface area contributed by atoms with Crippen LogP contribution in [-0.2, 0) is 9.47 Å². The number of pyridine rings is 2. The summed E-state index contributed by atoms with van der Waals surface area (Å²) in [6, 6.07) is 9.49. The van der Waals surface area contributed by atoms with E-state index in [9.17, 15) is 4.79 Å². The number of hydrogen-bond acceptors (Lipinski definition) is 9. The van der Waals surface area contributed by atoms with E-state index < -0.39 is 11.4 Å². The number of rotatable bonds is 7. The van der Waals surface area contributed by atoms with Gasteiger partial charge >= 0.3 is 6.09 Å². The van der Waals surface area contributed by atoms with Crippen LogP contribution in [0.5, 0.6) is 5.75 Å². The van der Waals surface area contributed by atoms with Gasteiger partial charge in [-0.05, 0) is 70.4 Å². The molecular weight excluding hydrogens is 529 g/mol. The number of ether oxygens (including phenoxy) is 3. The summed E-state index contributed by atoms with van der Waals surface area (Å²) >= 11 is 0. The number of fused-ring (bicyclic) bond motifs is 2. The molecule has 1 amide bonds. The van der Waals surface area contributed by atoms with Crippen LogP contribution in [0.25, 0.3) is 33.4 Å². The van der Waals surface area contributed by atoms with Gasteiger partial charge in [0.25, 0.3) is 0 Å². The highest BCUT2D eigenvalue weighted by Gasteiger charge is 2.42. The van der Waals surface area contributed by atoms with E-state index in [2.05, 4.69) is 9.88 Å². The highest BCUT2D eigenvalue weighted by molar-refractivity contribution is 5.87. The third kappa shape index (κ3) is 5.50. The zero-order chi connectivity index (χ0) is 28.9. The van der Waals surface area contributed by atoms with Crippen LogP contribution in [-0.4, -0.2) is 70.6 Å². The summed E-state index contributed by atoms with van der Waals surface area (Å²) in [5.74, 6) is 0.546. The number of nitrogens with zero attached hydrogens (tertiary/aromatic N) is 5. The Labute approximate surface area is 237 Å². The first-order chi connectivity index (χ1) is 19.6. The molecule has 1 aliphatic carbocycles. The normalized spacial score (nSPS) is 17.4. The summed E-state index contributed by atoms with van der Waals surface area (Å²) < 4.78 is 37.3. The van der Waals surface area contributed by atoms with Crippen LogP contribution < -0.4 is 9.64 Å². The van der Waals surface area contributed by atoms with E-state index in [4.69, 9.17) is 28.6 Å². The molecule has 11 heteroatoms. The van der Waals surface area contributed by atoms with Crippen LogP contribution in [0.15, 0.2) is 34.7 Å². The van der Waals surface area contributed by atoms with Gasteiger partial charge in [-0.3, -0.25) is 0 Å². The lowest BCUT2D eigenvalue weighted by atomic mass is 10.1. The Morgan fingerprint density at radius 3 is 2.59 bits per heavy atom. The molecule has 10 nitrogen and oxygen atoms in total. The first-order valence-electron chi connectivity index (χ1n) is 13.9. The molecule has 216 valence electrons. The molecule has 1 saturated carbocycles. The van der Waals surface area contributed by atoms with Crippen molar-refractivity contribution in [2.45, 2.75) is 64.6 Å². The molecule has 0 bridgehead atoms. The summed E-state index contributed by atoms with van der Waals surface area (Å²) in [7, 11) is 1.47. The van der Waals surface area contributed by atoms with Gasteiger partial charge in [-0.2, -0.15) is 0 Å². The van der Waals surface area contributed by atoms with E-state index in [0.29, 0.717) is 40.3 Å². The van der Waals surface area contributed by atoms with Crippen LogP contribution in [0.2, 0.25) is 0 Å². The molecule has 41 heavy (non-hydrogen) atoms. The van der Waals surface area contributed by atoms with Crippen molar-refractivity contribution in [1.82, 2.24) is 19.9 Å². The van der Waals surface area contributed by atoms with Crippen molar-refractivity contribution in [3.05, 3.63) is 42.0 Å². The predicted molar refractivity (Wildman–Crippen MR) is 151 cm³/mol. The third-order valence-electron chi connectivity index (χ3n) is 7.24. The summed E-state index contributed by atoms with van der Waals surface area (Å²) in [5, 5.41) is 0. The van der Waals surface area contributed by atoms with E-state index in [0.717, 1.165) is 31.6 Å². The van der Waals surface area contributed by atoms with Gasteiger partial charge in [0.2, 0.25) is 0 Å². The number of methoxy groups -OCH3 is 1. The largest absolute Gasteiger partial charge is 0.464 e. The fourth-order valence-corrected chi connectivity index (χ4v) is 5.34. The minimum atomic E-state index is -0.628. The summed E-state index contributed by atoms with van der Waals surface area (Å²) in [6.07, 6.45) is 2.65. The standard InChI is InChI=1S/C30H34FN5O5/c1-17-32-27-24(40-17)14-20(28(26(27)31)39-16-38-5)21-8-9-23-22(33-21)10-11-25(34-23)35-13-12-19(15-35)36(18-6-7-18)29(37)41-30(2,3)4/h8-11,14,18-19H,6-7,12-13,15-16H2,1-5H3. The zero-order valence-electron chi connectivity index (χ0n) is 23.9. The second-order valence-electron chi connectivity index (χ2n) is 11.6. The van der Waals surface area contributed by atoms with Gasteiger partial charge in [0.05, 0.1) is 22.8 Å². The average molecular weight is 564 g/mol. The topological polar surface area (TPSA) is 103 Å². The number of amides is 1. The van der Waals surface area contributed by atoms with Crippen LogP contribution in [0.3, 0.4) is 0 Å². The number of oxazole rings is 1. The first-order valence-corrected chi connectivity index (χ1v) is 13.9. The highest BCUT2D eigenvalue weighted by atomic mass is 19.1. The Bertz CT molecular complexity index is 1610. The molecule has 1 aliphatic heterocycles. The van der Waals surface area contributed by atoms with E-state index in [-0.39, 0.29) is 36.2 Å². The van der Waals surface area contributed by atoms with Crippen LogP contribution >= 0.6 is 0 Å². The Morgan fingerprint density at radius 1 is 1.10 bits per heavy atom. The maximum absolute atomic E-state index is 15.4. The Morgan fingerprint density at radius 2 is 1.85 bits per heavy atom. The summed E-state index contributed by atoms with van der Waals surface area (Å²) in [6.45, 7) is 8.70. The van der Waals surface area contributed by atoms with Gasteiger partial charge < -0.3 is 28.4 Å². The number of anilines is 1. The smallest absolute Gasteiger partial charge is 0.410 e. The lowest BCUT2D eigenvalue weighted by molar-refractivity contribution is 0.0158. The maximum atomic E-state index is 15.4. The SMILES string of the molecule is COCOc1c(-c2ccc3nc(N4CCC(N(C(=O)OC(C)(C)C)C5CC5)C4)ccc3n2)cc2oc(C)nc2c1F. The predicted octanol–water partition coefficient (Wildman–Crippen LogP) is 5.85. The van der Waals surface area contributed by atoms with Crippen molar-refractivity contribution in [3.8, 4) is 17.0 Å². The number of carbonyl (C=O) groups excluding carboxylic acids is 1. The molecule has 0 N–H and O–H groups in total. The van der Waals surface area contributed by atoms with Gasteiger partial charge in [-0.1, -0.05) is 0 Å². The number of carbonyl (C=O) groups is 1. The summed E-state index contributed by atoms with van der Waals surface area (Å²) in [5.41, 5.74) is 2.17. The quantitative estimate of drug-likeness (QED) is 0.256. The number of benzene rings is 1. The molecule has 3 aromatic heterocycles. The van der Waals surface area contributed by atoms with Crippen LogP contribution in [0, 0.1) is 12.7 Å². The fraction of sp³-hybridized carbons (Fsp3) is 0.467. The van der Waals surface area contributed by atoms with E-state index in [1.165, 1.54) is 7.11 Å². The fourth-order valence-electron chi connectivity index (χ4n) is 5.34. The van der Waals surface area contributed by atoms with E-state index >= 15 is 4.39 Å². The van der Waals surface area contributed by atoms with E-state index in [1.54, 1.807) is 19.1 Å². The molecule has 4 aromatic rings. The number of aromatic nitrogens is 3. The zero-order valence-corrected chi connectivity index (χ0v) is 23.9. The van der Waals surface area contributed by atoms with Crippen molar-refractivity contribution in [3.63, 3.8) is 0 Å². The Balaban J connectivity index is 1.26. The third-order valence-corrected chi connectivity index (χ3v) is 7.24. The van der Waals surface area contributed by atoms with Crippen molar-refractivity contribution in [1.29, 1.82) is 0 Å². The molecular formula is C30H34FN5O5. The van der Waals surface area contributed by atoms with Gasteiger partial charge in [0, 0.05) is 38.7 Å². The maximum Gasteiger partial charge on any atom is 0.410 e. The molecule has 1 atom stereocenters. The molecule has 4 heterocycles. The number of aryl methyl sites for hydroxylation is 1. The van der Waals surface area contributed by atoms with Gasteiger partial charge in [0.1, 0.15) is 16.9 Å². The minimum Gasteiger partial charge on any atom is -0.464 e. The molecule has 0 radical (unpaired) electrons. The molecule has 2 fully saturated rings. The molecule has 2 aliphatic rings. The second-order valence-corrected chi connectivity index (χ2v) is 11.6. The molecule has 1 aromatic carbocycles. The minimum absolute atomic E-state index is 0.00241. The van der Waals surface area contributed by atoms with Gasteiger partial charge in [-0.25, -0.2) is 24.1 Å². The van der Waals surface area contributed by atoms with Crippen molar-refractivity contribution in [2.75, 3.05) is 31.9 Å². The second kappa shape index (κ2) is 10.4. The van der Waals surface area contributed by atoms with Gasteiger partial charge in [0.15, 0.2) is 29.8 Å². The molecule has 6 rings (SSSR count). The number of halogens is 1. The van der Waals surface area contributed by atoms with Crippen LogP contribution in [0.1, 0.15) is 45.9 Å². The van der Waals surface area contributed by atoms with Crippen molar-refractivity contribution in [2.24, 2.45) is 0 Å². The first kappa shape index (κ1) is 27.2. The lowest BCUT2D eigenvalue weighted by Crippen LogP contribution is -2.46. The highest BCUT2D eigenvalue weighted by Crippen LogP contribution is 2.38. The monoisotopic (exact) mass is 563 g/mol. The van der Waals surface area contributed by atoms with E-state index in [1.807, 2.05) is 43.9 Å². The van der Waals surface area contributed by atoms with Gasteiger partial charge in [-0.15, -0.1) is 0 Å².